The Kier molecular flexibility index (Phi) is 8.00. The van der Waals surface area contributed by atoms with Crippen molar-refractivity contribution in [1.29, 1.82) is 0 Å². The summed E-state index contributed by atoms with van der Waals surface area (Å²) >= 11 is 11.4. The molecule has 0 spiro atoms. The molecule has 2 nitrogen and oxygen atoms in total. The molecule has 1 atom stereocenters. The molecule has 1 amide bonds. The van der Waals surface area contributed by atoms with Crippen molar-refractivity contribution < 1.29 is 4.79 Å². The van der Waals surface area contributed by atoms with Crippen LogP contribution in [0.4, 0.5) is 0 Å². The lowest BCUT2D eigenvalue weighted by Gasteiger charge is -2.20. The van der Waals surface area contributed by atoms with E-state index in [1.54, 1.807) is 17.8 Å². The molecule has 0 saturated carbocycles. The molecule has 1 N–H and O–H groups in total. The lowest BCUT2D eigenvalue weighted by molar-refractivity contribution is 0.0952. The van der Waals surface area contributed by atoms with Crippen LogP contribution >= 0.6 is 39.3 Å². The molecule has 20 heavy (non-hydrogen) atoms. The third kappa shape index (κ3) is 4.97. The Hall–Kier alpha value is -0.190. The van der Waals surface area contributed by atoms with E-state index in [1.165, 1.54) is 0 Å². The largest absolute Gasteiger partial charge is 0.351 e. The second-order valence-corrected chi connectivity index (χ2v) is 7.11. The van der Waals surface area contributed by atoms with Crippen molar-refractivity contribution in [2.45, 2.75) is 36.4 Å². The molecule has 1 rings (SSSR count). The van der Waals surface area contributed by atoms with E-state index in [0.717, 1.165) is 17.7 Å². The lowest BCUT2D eigenvalue weighted by Crippen LogP contribution is -2.33. The Balaban J connectivity index is 2.67. The van der Waals surface area contributed by atoms with Gasteiger partial charge in [-0.05, 0) is 30.4 Å². The first-order valence-electron chi connectivity index (χ1n) is 6.79. The predicted octanol–water partition coefficient (Wildman–Crippen LogP) is 4.99. The SMILES string of the molecule is CCC(CC)C(Br)CNC(=O)c1cc(SC)ccc1Cl. The molecule has 0 fully saturated rings. The number of nitrogens with one attached hydrogen (secondary N) is 1. The quantitative estimate of drug-likeness (QED) is 0.535. The summed E-state index contributed by atoms with van der Waals surface area (Å²) < 4.78 is 0. The first-order chi connectivity index (χ1) is 9.53. The highest BCUT2D eigenvalue weighted by molar-refractivity contribution is 9.09. The number of carbonyl (C=O) groups excluding carboxylic acids is 1. The number of hydrogen-bond donors (Lipinski definition) is 1. The summed E-state index contributed by atoms with van der Waals surface area (Å²) in [5.74, 6) is 0.463. The topological polar surface area (TPSA) is 29.1 Å². The normalized spacial score (nSPS) is 12.5. The van der Waals surface area contributed by atoms with Crippen LogP contribution in [0.2, 0.25) is 5.02 Å². The van der Waals surface area contributed by atoms with E-state index >= 15 is 0 Å². The van der Waals surface area contributed by atoms with Gasteiger partial charge in [-0.3, -0.25) is 4.79 Å². The number of thioether (sulfide) groups is 1. The van der Waals surface area contributed by atoms with Gasteiger partial charge in [0.25, 0.3) is 5.91 Å². The fraction of sp³-hybridized carbons (Fsp3) is 0.533. The molecule has 0 aliphatic heterocycles. The van der Waals surface area contributed by atoms with E-state index < -0.39 is 0 Å². The molecular weight excluding hydrogens is 358 g/mol. The van der Waals surface area contributed by atoms with Crippen LogP contribution in [0.5, 0.6) is 0 Å². The van der Waals surface area contributed by atoms with Gasteiger partial charge in [0.15, 0.2) is 0 Å². The van der Waals surface area contributed by atoms with Gasteiger partial charge in [-0.15, -0.1) is 11.8 Å². The minimum absolute atomic E-state index is 0.110. The minimum Gasteiger partial charge on any atom is -0.351 e. The second-order valence-electron chi connectivity index (χ2n) is 4.65. The summed E-state index contributed by atoms with van der Waals surface area (Å²) in [6.45, 7) is 4.96. The third-order valence-corrected chi connectivity index (χ3v) is 5.56. The number of carbonyl (C=O) groups is 1. The summed E-state index contributed by atoms with van der Waals surface area (Å²) in [6.07, 6.45) is 4.18. The Morgan fingerprint density at radius 3 is 2.60 bits per heavy atom. The van der Waals surface area contributed by atoms with Crippen LogP contribution < -0.4 is 5.32 Å². The highest BCUT2D eigenvalue weighted by atomic mass is 79.9. The monoisotopic (exact) mass is 377 g/mol. The number of halogens is 2. The minimum atomic E-state index is -0.110. The van der Waals surface area contributed by atoms with Gasteiger partial charge < -0.3 is 5.32 Å². The van der Waals surface area contributed by atoms with Crippen molar-refractivity contribution in [3.8, 4) is 0 Å². The van der Waals surface area contributed by atoms with Crippen LogP contribution in [0.15, 0.2) is 23.1 Å². The number of rotatable bonds is 7. The van der Waals surface area contributed by atoms with Crippen LogP contribution in [-0.4, -0.2) is 23.5 Å². The van der Waals surface area contributed by atoms with Crippen molar-refractivity contribution in [3.63, 3.8) is 0 Å². The molecule has 0 aromatic heterocycles. The van der Waals surface area contributed by atoms with Gasteiger partial charge in [-0.25, -0.2) is 0 Å². The lowest BCUT2D eigenvalue weighted by atomic mass is 9.99. The predicted molar refractivity (Wildman–Crippen MR) is 92.4 cm³/mol. The first kappa shape index (κ1) is 17.9. The highest BCUT2D eigenvalue weighted by Gasteiger charge is 2.17. The van der Waals surface area contributed by atoms with Crippen LogP contribution in [0.1, 0.15) is 37.0 Å². The van der Waals surface area contributed by atoms with Crippen molar-refractivity contribution in [2.24, 2.45) is 5.92 Å². The van der Waals surface area contributed by atoms with Crippen molar-refractivity contribution in [3.05, 3.63) is 28.8 Å². The summed E-state index contributed by atoms with van der Waals surface area (Å²) in [5, 5.41) is 3.45. The van der Waals surface area contributed by atoms with Crippen LogP contribution in [0.3, 0.4) is 0 Å². The molecular formula is C15H21BrClNOS. The fourth-order valence-corrected chi connectivity index (χ4v) is 3.61. The summed E-state index contributed by atoms with van der Waals surface area (Å²) in [4.78, 5) is 13.5. The van der Waals surface area contributed by atoms with Crippen molar-refractivity contribution in [1.82, 2.24) is 5.32 Å². The molecule has 0 aliphatic carbocycles. The maximum Gasteiger partial charge on any atom is 0.252 e. The zero-order valence-corrected chi connectivity index (χ0v) is 15.2. The fourth-order valence-electron chi connectivity index (χ4n) is 2.06. The van der Waals surface area contributed by atoms with Crippen molar-refractivity contribution in [2.75, 3.05) is 12.8 Å². The summed E-state index contributed by atoms with van der Waals surface area (Å²) in [6, 6.07) is 5.53. The zero-order valence-electron chi connectivity index (χ0n) is 12.1. The summed E-state index contributed by atoms with van der Waals surface area (Å²) in [5.41, 5.74) is 0.544. The molecule has 1 unspecified atom stereocenters. The van der Waals surface area contributed by atoms with E-state index in [4.69, 9.17) is 11.6 Å². The van der Waals surface area contributed by atoms with E-state index in [0.29, 0.717) is 27.9 Å². The molecule has 0 radical (unpaired) electrons. The van der Waals surface area contributed by atoms with Gasteiger partial charge in [0.2, 0.25) is 0 Å². The number of hydrogen-bond acceptors (Lipinski definition) is 2. The number of amides is 1. The molecule has 0 heterocycles. The van der Waals surface area contributed by atoms with Crippen LogP contribution in [0.25, 0.3) is 0 Å². The molecule has 5 heteroatoms. The Labute approximate surface area is 139 Å². The Morgan fingerprint density at radius 1 is 1.40 bits per heavy atom. The first-order valence-corrected chi connectivity index (χ1v) is 9.31. The van der Waals surface area contributed by atoms with Gasteiger partial charge >= 0.3 is 0 Å². The van der Waals surface area contributed by atoms with Crippen molar-refractivity contribution >= 4 is 45.2 Å². The van der Waals surface area contributed by atoms with Crippen LogP contribution in [-0.2, 0) is 0 Å². The van der Waals surface area contributed by atoms with Gasteiger partial charge in [-0.2, -0.15) is 0 Å². The summed E-state index contributed by atoms with van der Waals surface area (Å²) in [7, 11) is 0. The average Bonchev–Trinajstić information content (AvgIpc) is 2.46. The number of alkyl halides is 1. The van der Waals surface area contributed by atoms with Gasteiger partial charge in [0.05, 0.1) is 10.6 Å². The van der Waals surface area contributed by atoms with E-state index in [9.17, 15) is 4.79 Å². The van der Waals surface area contributed by atoms with E-state index in [-0.39, 0.29) is 5.91 Å². The molecule has 0 saturated heterocycles. The molecule has 0 bridgehead atoms. The Morgan fingerprint density at radius 2 is 2.05 bits per heavy atom. The van der Waals surface area contributed by atoms with Gasteiger partial charge in [-0.1, -0.05) is 54.2 Å². The van der Waals surface area contributed by atoms with Gasteiger partial charge in [0, 0.05) is 16.3 Å². The third-order valence-electron chi connectivity index (χ3n) is 3.44. The molecule has 1 aromatic rings. The maximum atomic E-state index is 12.2. The number of benzene rings is 1. The maximum absolute atomic E-state index is 12.2. The average molecular weight is 379 g/mol. The zero-order chi connectivity index (χ0) is 15.1. The van der Waals surface area contributed by atoms with Crippen LogP contribution in [0, 0.1) is 5.92 Å². The Bertz CT molecular complexity index is 451. The van der Waals surface area contributed by atoms with E-state index in [1.807, 2.05) is 18.4 Å². The molecule has 1 aromatic carbocycles. The molecule has 0 aliphatic rings. The second kappa shape index (κ2) is 8.96. The smallest absolute Gasteiger partial charge is 0.252 e. The highest BCUT2D eigenvalue weighted by Crippen LogP contribution is 2.23. The molecule has 112 valence electrons. The van der Waals surface area contributed by atoms with Gasteiger partial charge in [0.1, 0.15) is 0 Å². The standard InChI is InChI=1S/C15H21BrClNOS/c1-4-10(5-2)13(16)9-18-15(19)12-8-11(20-3)6-7-14(12)17/h6-8,10,13H,4-5,9H2,1-3H3,(H,18,19). The van der Waals surface area contributed by atoms with E-state index in [2.05, 4.69) is 35.1 Å².